The summed E-state index contributed by atoms with van der Waals surface area (Å²) in [6, 6.07) is 9.13. The van der Waals surface area contributed by atoms with Crippen LogP contribution in [0.1, 0.15) is 0 Å². The Bertz CT molecular complexity index is 703. The Kier molecular flexibility index (Phi) is 2.78. The number of fused-ring (bicyclic) bond motifs is 1. The predicted molar refractivity (Wildman–Crippen MR) is 72.8 cm³/mol. The number of nitrogens with two attached hydrogens (primary N) is 1. The quantitative estimate of drug-likeness (QED) is 0.787. The summed E-state index contributed by atoms with van der Waals surface area (Å²) in [5, 5.41) is 2.68. The Morgan fingerprint density at radius 2 is 1.90 bits per heavy atom. The zero-order valence-electron chi connectivity index (χ0n) is 10.4. The van der Waals surface area contributed by atoms with Gasteiger partial charge < -0.3 is 16.0 Å². The van der Waals surface area contributed by atoms with E-state index in [1.54, 1.807) is 24.3 Å². The SMILES string of the molecule is Nc1ccc(F)c(F)c1N1CC(=O)Nc2ccccc21. The molecule has 1 heterocycles. The topological polar surface area (TPSA) is 58.4 Å². The van der Waals surface area contributed by atoms with Gasteiger partial charge in [-0.2, -0.15) is 0 Å². The van der Waals surface area contributed by atoms with Crippen molar-refractivity contribution in [2.24, 2.45) is 0 Å². The van der Waals surface area contributed by atoms with E-state index in [0.717, 1.165) is 6.07 Å². The lowest BCUT2D eigenvalue weighted by atomic mass is 10.1. The van der Waals surface area contributed by atoms with Gasteiger partial charge in [0.2, 0.25) is 5.91 Å². The first kappa shape index (κ1) is 12.4. The van der Waals surface area contributed by atoms with Gasteiger partial charge in [-0.15, -0.1) is 0 Å². The minimum atomic E-state index is -1.06. The molecule has 0 bridgehead atoms. The Hall–Kier alpha value is -2.63. The smallest absolute Gasteiger partial charge is 0.244 e. The number of hydrogen-bond acceptors (Lipinski definition) is 3. The van der Waals surface area contributed by atoms with E-state index < -0.39 is 11.6 Å². The van der Waals surface area contributed by atoms with E-state index in [4.69, 9.17) is 5.73 Å². The number of nitrogens with one attached hydrogen (secondary N) is 1. The number of carbonyl (C=O) groups is 1. The van der Waals surface area contributed by atoms with Crippen LogP contribution in [0.4, 0.5) is 31.5 Å². The fourth-order valence-electron chi connectivity index (χ4n) is 2.26. The molecule has 1 amide bonds. The molecule has 0 spiro atoms. The van der Waals surface area contributed by atoms with Gasteiger partial charge in [0.25, 0.3) is 0 Å². The third-order valence-electron chi connectivity index (χ3n) is 3.14. The van der Waals surface area contributed by atoms with Crippen LogP contribution in [0.5, 0.6) is 0 Å². The predicted octanol–water partition coefficient (Wildman–Crippen LogP) is 2.64. The monoisotopic (exact) mass is 275 g/mol. The van der Waals surface area contributed by atoms with Crippen LogP contribution in [0, 0.1) is 11.6 Å². The summed E-state index contributed by atoms with van der Waals surface area (Å²) in [6.07, 6.45) is 0. The maximum absolute atomic E-state index is 14.0. The molecule has 0 unspecified atom stereocenters. The van der Waals surface area contributed by atoms with Crippen molar-refractivity contribution in [2.75, 3.05) is 22.5 Å². The van der Waals surface area contributed by atoms with Crippen molar-refractivity contribution in [1.29, 1.82) is 0 Å². The number of anilines is 4. The van der Waals surface area contributed by atoms with Gasteiger partial charge in [0.15, 0.2) is 11.6 Å². The summed E-state index contributed by atoms with van der Waals surface area (Å²) in [4.78, 5) is 13.1. The van der Waals surface area contributed by atoms with Gasteiger partial charge in [-0.05, 0) is 24.3 Å². The van der Waals surface area contributed by atoms with Gasteiger partial charge in [-0.1, -0.05) is 12.1 Å². The van der Waals surface area contributed by atoms with Crippen LogP contribution in [0.15, 0.2) is 36.4 Å². The van der Waals surface area contributed by atoms with E-state index in [1.165, 1.54) is 11.0 Å². The molecule has 1 aliphatic rings. The molecule has 6 heteroatoms. The zero-order valence-corrected chi connectivity index (χ0v) is 10.4. The van der Waals surface area contributed by atoms with E-state index in [2.05, 4.69) is 5.32 Å². The molecule has 0 saturated carbocycles. The average molecular weight is 275 g/mol. The Balaban J connectivity index is 2.21. The number of rotatable bonds is 1. The van der Waals surface area contributed by atoms with Crippen LogP contribution >= 0.6 is 0 Å². The molecule has 0 radical (unpaired) electrons. The first-order valence-electron chi connectivity index (χ1n) is 5.98. The number of halogens is 2. The molecule has 4 nitrogen and oxygen atoms in total. The molecule has 0 saturated heterocycles. The largest absolute Gasteiger partial charge is 0.397 e. The Morgan fingerprint density at radius 3 is 2.70 bits per heavy atom. The highest BCUT2D eigenvalue weighted by Crippen LogP contribution is 2.39. The highest BCUT2D eigenvalue weighted by Gasteiger charge is 2.27. The van der Waals surface area contributed by atoms with Crippen LogP contribution in [0.2, 0.25) is 0 Å². The normalized spacial score (nSPS) is 13.9. The molecular formula is C14H11F2N3O. The number of para-hydroxylation sites is 2. The number of hydrogen-bond donors (Lipinski definition) is 2. The van der Waals surface area contributed by atoms with Crippen molar-refractivity contribution < 1.29 is 13.6 Å². The first-order valence-corrected chi connectivity index (χ1v) is 5.98. The number of amides is 1. The van der Waals surface area contributed by atoms with Crippen LogP contribution < -0.4 is 16.0 Å². The van der Waals surface area contributed by atoms with Crippen molar-refractivity contribution in [2.45, 2.75) is 0 Å². The van der Waals surface area contributed by atoms with Crippen LogP contribution in [0.25, 0.3) is 0 Å². The summed E-state index contributed by atoms with van der Waals surface area (Å²) in [5.41, 5.74) is 6.81. The third kappa shape index (κ3) is 1.85. The molecule has 0 atom stereocenters. The van der Waals surface area contributed by atoms with Crippen molar-refractivity contribution in [3.8, 4) is 0 Å². The summed E-state index contributed by atoms with van der Waals surface area (Å²) in [5.74, 6) is -2.38. The van der Waals surface area contributed by atoms with Crippen molar-refractivity contribution in [3.63, 3.8) is 0 Å². The number of carbonyl (C=O) groups excluding carboxylic acids is 1. The lowest BCUT2D eigenvalue weighted by Gasteiger charge is -2.31. The second-order valence-electron chi connectivity index (χ2n) is 4.45. The van der Waals surface area contributed by atoms with E-state index >= 15 is 0 Å². The second kappa shape index (κ2) is 4.48. The minimum Gasteiger partial charge on any atom is -0.397 e. The van der Waals surface area contributed by atoms with Gasteiger partial charge in [-0.25, -0.2) is 8.78 Å². The van der Waals surface area contributed by atoms with Gasteiger partial charge in [0, 0.05) is 0 Å². The summed E-state index contributed by atoms with van der Waals surface area (Å²) < 4.78 is 27.5. The molecule has 0 fully saturated rings. The van der Waals surface area contributed by atoms with E-state index in [9.17, 15) is 13.6 Å². The highest BCUT2D eigenvalue weighted by atomic mass is 19.2. The maximum atomic E-state index is 14.0. The number of nitrogens with zero attached hydrogens (tertiary/aromatic N) is 1. The van der Waals surface area contributed by atoms with Gasteiger partial charge in [0.1, 0.15) is 12.2 Å². The molecule has 2 aromatic carbocycles. The minimum absolute atomic E-state index is 0.0772. The van der Waals surface area contributed by atoms with Crippen LogP contribution in [-0.4, -0.2) is 12.5 Å². The summed E-state index contributed by atoms with van der Waals surface area (Å²) in [7, 11) is 0. The molecule has 1 aliphatic heterocycles. The van der Waals surface area contributed by atoms with E-state index in [0.29, 0.717) is 11.4 Å². The van der Waals surface area contributed by atoms with Crippen LogP contribution in [0.3, 0.4) is 0 Å². The molecular weight excluding hydrogens is 264 g/mol. The lowest BCUT2D eigenvalue weighted by molar-refractivity contribution is -0.115. The first-order chi connectivity index (χ1) is 9.58. The molecule has 3 rings (SSSR count). The fraction of sp³-hybridized carbons (Fsp3) is 0.0714. The molecule has 2 aromatic rings. The van der Waals surface area contributed by atoms with Gasteiger partial charge >= 0.3 is 0 Å². The molecule has 3 N–H and O–H groups in total. The van der Waals surface area contributed by atoms with Gasteiger partial charge in [0.05, 0.1) is 17.1 Å². The summed E-state index contributed by atoms with van der Waals surface area (Å²) in [6.45, 7) is -0.123. The Labute approximate surface area is 113 Å². The standard InChI is InChI=1S/C14H11F2N3O/c15-8-5-6-9(17)14(13(8)16)19-7-12(20)18-10-3-1-2-4-11(10)19/h1-6H,7,17H2,(H,18,20). The fourth-order valence-corrected chi connectivity index (χ4v) is 2.26. The zero-order chi connectivity index (χ0) is 14.3. The van der Waals surface area contributed by atoms with Crippen molar-refractivity contribution in [1.82, 2.24) is 0 Å². The van der Waals surface area contributed by atoms with E-state index in [-0.39, 0.29) is 23.8 Å². The average Bonchev–Trinajstić information content (AvgIpc) is 2.43. The Morgan fingerprint density at radius 1 is 1.15 bits per heavy atom. The number of benzene rings is 2. The highest BCUT2D eigenvalue weighted by molar-refractivity contribution is 6.04. The summed E-state index contributed by atoms with van der Waals surface area (Å²) >= 11 is 0. The second-order valence-corrected chi connectivity index (χ2v) is 4.45. The molecule has 0 aliphatic carbocycles. The number of nitrogen functional groups attached to an aromatic ring is 1. The van der Waals surface area contributed by atoms with E-state index in [1.807, 2.05) is 0 Å². The molecule has 0 aromatic heterocycles. The van der Waals surface area contributed by atoms with Crippen molar-refractivity contribution >= 4 is 28.7 Å². The lowest BCUT2D eigenvalue weighted by Crippen LogP contribution is -2.36. The molecule has 102 valence electrons. The maximum Gasteiger partial charge on any atom is 0.244 e. The van der Waals surface area contributed by atoms with Crippen molar-refractivity contribution in [3.05, 3.63) is 48.0 Å². The van der Waals surface area contributed by atoms with Gasteiger partial charge in [-0.3, -0.25) is 4.79 Å². The molecule has 20 heavy (non-hydrogen) atoms. The third-order valence-corrected chi connectivity index (χ3v) is 3.14. The van der Waals surface area contributed by atoms with Crippen LogP contribution in [-0.2, 0) is 4.79 Å².